The third-order valence-electron chi connectivity index (χ3n) is 9.97. The third-order valence-corrected chi connectivity index (χ3v) is 9.97. The van der Waals surface area contributed by atoms with Crippen LogP contribution in [0, 0.1) is 40.4 Å². The summed E-state index contributed by atoms with van der Waals surface area (Å²) in [5.74, 6) is -0.409. The standard InChI is InChI=1S/C26H36O6/c1-6-26(30-7-2)31-22-21(29)20(28)19-9-8-15-17-11-10-16(14(3)27)24(17,4)13-12-18(15)25(19,5)23(22)32-26/h15-19H,6-13H2,1-5H3/t15-,16+,17-,18-,19?,24+,25+,26?/m0/s1. The van der Waals surface area contributed by atoms with Crippen LogP contribution in [0.5, 0.6) is 0 Å². The number of allylic oxidation sites excluding steroid dienone is 2. The van der Waals surface area contributed by atoms with E-state index in [0.29, 0.717) is 42.8 Å². The zero-order chi connectivity index (χ0) is 23.1. The Labute approximate surface area is 190 Å². The fourth-order valence-corrected chi connectivity index (χ4v) is 8.47. The molecule has 0 bridgehead atoms. The minimum absolute atomic E-state index is 0.0352. The van der Waals surface area contributed by atoms with Crippen molar-refractivity contribution in [2.45, 2.75) is 85.5 Å². The molecule has 176 valence electrons. The molecule has 0 radical (unpaired) electrons. The molecule has 0 saturated heterocycles. The summed E-state index contributed by atoms with van der Waals surface area (Å²) >= 11 is 0. The van der Waals surface area contributed by atoms with E-state index in [-0.39, 0.29) is 34.7 Å². The Hall–Kier alpha value is -1.69. The Balaban J connectivity index is 1.55. The van der Waals surface area contributed by atoms with Gasteiger partial charge in [0.25, 0.3) is 5.78 Å². The first-order valence-corrected chi connectivity index (χ1v) is 12.5. The molecule has 8 atom stereocenters. The van der Waals surface area contributed by atoms with E-state index < -0.39 is 17.2 Å². The van der Waals surface area contributed by atoms with Crippen molar-refractivity contribution in [3.05, 3.63) is 11.5 Å². The van der Waals surface area contributed by atoms with Crippen molar-refractivity contribution >= 4 is 17.3 Å². The fraction of sp³-hybridized carbons (Fsp3) is 0.808. The highest BCUT2D eigenvalue weighted by Crippen LogP contribution is 2.68. The van der Waals surface area contributed by atoms with Crippen molar-refractivity contribution in [1.29, 1.82) is 0 Å². The average molecular weight is 445 g/mol. The lowest BCUT2D eigenvalue weighted by molar-refractivity contribution is -0.331. The largest absolute Gasteiger partial charge is 0.430 e. The number of fused-ring (bicyclic) bond motifs is 6. The van der Waals surface area contributed by atoms with Crippen LogP contribution in [0.3, 0.4) is 0 Å². The summed E-state index contributed by atoms with van der Waals surface area (Å²) in [6.07, 6.45) is 5.98. The first-order chi connectivity index (χ1) is 15.1. The predicted molar refractivity (Wildman–Crippen MR) is 116 cm³/mol. The number of ketones is 3. The number of carbonyl (C=O) groups is 3. The van der Waals surface area contributed by atoms with Crippen LogP contribution in [0.4, 0.5) is 0 Å². The third kappa shape index (κ3) is 2.65. The summed E-state index contributed by atoms with van der Waals surface area (Å²) in [5, 5.41) is 0. The second-order valence-corrected chi connectivity index (χ2v) is 11.1. The zero-order valence-corrected chi connectivity index (χ0v) is 20.0. The SMILES string of the molecule is CCOC1(CC)OC2=C(O1)[C@@]1(C)C(CC[C@H]3[C@@H]4CC[C@H](C(C)=O)[C@@]4(C)CC[C@@H]31)C(=O)C2=O. The normalized spacial score (nSPS) is 47.2. The van der Waals surface area contributed by atoms with Crippen molar-refractivity contribution in [3.8, 4) is 0 Å². The van der Waals surface area contributed by atoms with Gasteiger partial charge in [-0.1, -0.05) is 20.8 Å². The number of hydrogen-bond acceptors (Lipinski definition) is 6. The van der Waals surface area contributed by atoms with Crippen LogP contribution in [-0.4, -0.2) is 29.9 Å². The van der Waals surface area contributed by atoms with Gasteiger partial charge in [-0.2, -0.15) is 0 Å². The fourth-order valence-electron chi connectivity index (χ4n) is 8.47. The number of Topliss-reactive ketones (excluding diaryl/α,β-unsaturated/α-hetero) is 3. The summed E-state index contributed by atoms with van der Waals surface area (Å²) in [7, 11) is 0. The maximum atomic E-state index is 13.3. The van der Waals surface area contributed by atoms with Crippen molar-refractivity contribution in [2.24, 2.45) is 40.4 Å². The quantitative estimate of drug-likeness (QED) is 0.592. The predicted octanol–water partition coefficient (Wildman–Crippen LogP) is 4.56. The van der Waals surface area contributed by atoms with Crippen molar-refractivity contribution in [1.82, 2.24) is 0 Å². The molecule has 32 heavy (non-hydrogen) atoms. The van der Waals surface area contributed by atoms with Crippen molar-refractivity contribution in [3.63, 3.8) is 0 Å². The van der Waals surface area contributed by atoms with E-state index in [2.05, 4.69) is 13.8 Å². The van der Waals surface area contributed by atoms with Gasteiger partial charge in [0, 0.05) is 17.3 Å². The van der Waals surface area contributed by atoms with E-state index in [9.17, 15) is 14.4 Å². The summed E-state index contributed by atoms with van der Waals surface area (Å²) in [4.78, 5) is 38.7. The molecule has 0 spiro atoms. The van der Waals surface area contributed by atoms with Gasteiger partial charge in [-0.3, -0.25) is 14.4 Å². The molecule has 1 heterocycles. The van der Waals surface area contributed by atoms with E-state index in [1.807, 2.05) is 13.8 Å². The summed E-state index contributed by atoms with van der Waals surface area (Å²) in [6, 6.07) is 0. The monoisotopic (exact) mass is 444 g/mol. The molecule has 5 aliphatic rings. The van der Waals surface area contributed by atoms with E-state index in [0.717, 1.165) is 32.1 Å². The van der Waals surface area contributed by atoms with E-state index in [4.69, 9.17) is 14.2 Å². The van der Waals surface area contributed by atoms with Gasteiger partial charge in [0.2, 0.25) is 11.5 Å². The smallest absolute Gasteiger partial charge is 0.371 e. The molecule has 4 aliphatic carbocycles. The molecule has 6 nitrogen and oxygen atoms in total. The van der Waals surface area contributed by atoms with Gasteiger partial charge in [-0.15, -0.1) is 0 Å². The van der Waals surface area contributed by atoms with Crippen LogP contribution >= 0.6 is 0 Å². The molecule has 0 aromatic rings. The Morgan fingerprint density at radius 3 is 2.44 bits per heavy atom. The second-order valence-electron chi connectivity index (χ2n) is 11.1. The molecule has 1 aliphatic heterocycles. The molecular weight excluding hydrogens is 408 g/mol. The number of hydrogen-bond donors (Lipinski definition) is 0. The Kier molecular flexibility index (Phi) is 4.94. The van der Waals surface area contributed by atoms with Crippen LogP contribution in [0.15, 0.2) is 11.5 Å². The molecule has 0 N–H and O–H groups in total. The molecule has 2 unspecified atom stereocenters. The highest BCUT2D eigenvalue weighted by molar-refractivity contribution is 6.44. The number of rotatable bonds is 4. The molecular formula is C26H36O6. The van der Waals surface area contributed by atoms with Gasteiger partial charge >= 0.3 is 5.97 Å². The minimum Gasteiger partial charge on any atom is -0.430 e. The van der Waals surface area contributed by atoms with Gasteiger partial charge < -0.3 is 14.2 Å². The van der Waals surface area contributed by atoms with E-state index in [1.165, 1.54) is 0 Å². The van der Waals surface area contributed by atoms with Crippen LogP contribution in [0.1, 0.15) is 79.6 Å². The average Bonchev–Trinajstić information content (AvgIpc) is 3.32. The zero-order valence-electron chi connectivity index (χ0n) is 20.0. The Morgan fingerprint density at radius 1 is 1.03 bits per heavy atom. The molecule has 3 fully saturated rings. The first kappa shape index (κ1) is 22.1. The molecule has 0 aromatic carbocycles. The number of carbonyl (C=O) groups excluding carboxylic acids is 3. The first-order valence-electron chi connectivity index (χ1n) is 12.5. The molecule has 5 rings (SSSR count). The molecule has 3 saturated carbocycles. The van der Waals surface area contributed by atoms with Gasteiger partial charge in [0.05, 0.1) is 13.0 Å². The summed E-state index contributed by atoms with van der Waals surface area (Å²) < 4.78 is 18.2. The van der Waals surface area contributed by atoms with Gasteiger partial charge in [-0.05, 0) is 75.5 Å². The second kappa shape index (κ2) is 7.15. The van der Waals surface area contributed by atoms with Crippen LogP contribution in [-0.2, 0) is 28.6 Å². The van der Waals surface area contributed by atoms with Crippen LogP contribution in [0.25, 0.3) is 0 Å². The van der Waals surface area contributed by atoms with Gasteiger partial charge in [0.1, 0.15) is 5.78 Å². The maximum absolute atomic E-state index is 13.3. The van der Waals surface area contributed by atoms with Gasteiger partial charge in [0.15, 0.2) is 5.76 Å². The maximum Gasteiger partial charge on any atom is 0.371 e. The van der Waals surface area contributed by atoms with Gasteiger partial charge in [-0.25, -0.2) is 0 Å². The summed E-state index contributed by atoms with van der Waals surface area (Å²) in [5.41, 5.74) is -0.541. The topological polar surface area (TPSA) is 78.9 Å². The molecule has 0 aromatic heterocycles. The van der Waals surface area contributed by atoms with E-state index in [1.54, 1.807) is 6.92 Å². The highest BCUT2D eigenvalue weighted by atomic mass is 16.9. The lowest BCUT2D eigenvalue weighted by atomic mass is 9.45. The lowest BCUT2D eigenvalue weighted by Gasteiger charge is -2.58. The lowest BCUT2D eigenvalue weighted by Crippen LogP contribution is -2.57. The molecule has 6 heteroatoms. The van der Waals surface area contributed by atoms with E-state index >= 15 is 0 Å². The highest BCUT2D eigenvalue weighted by Gasteiger charge is 2.68. The van der Waals surface area contributed by atoms with Crippen LogP contribution in [0.2, 0.25) is 0 Å². The van der Waals surface area contributed by atoms with Crippen molar-refractivity contribution in [2.75, 3.05) is 6.61 Å². The Bertz CT molecular complexity index is 906. The summed E-state index contributed by atoms with van der Waals surface area (Å²) in [6.45, 7) is 10.3. The Morgan fingerprint density at radius 2 is 1.78 bits per heavy atom. The van der Waals surface area contributed by atoms with Crippen LogP contribution < -0.4 is 0 Å². The molecule has 0 amide bonds. The van der Waals surface area contributed by atoms with Crippen molar-refractivity contribution < 1.29 is 28.6 Å². The minimum atomic E-state index is -1.32. The number of ether oxygens (including phenoxy) is 3.